The Hall–Kier alpha value is -3.62. The van der Waals surface area contributed by atoms with Crippen LogP contribution in [0.3, 0.4) is 0 Å². The van der Waals surface area contributed by atoms with Crippen LogP contribution in [0.15, 0.2) is 49.1 Å². The van der Waals surface area contributed by atoms with Gasteiger partial charge in [-0.25, -0.2) is 18.7 Å². The normalized spacial score (nSPS) is 12.1. The van der Waals surface area contributed by atoms with Gasteiger partial charge in [-0.2, -0.15) is 4.98 Å². The standard InChI is InChI=1S/C20H19F2N7/c1-3-29-10-17(24-11-29)27-19-18-14(22)5-4-6-16(18)26-20(28-19)25-12(2)15-8-7-13(21)9-23-15/h4-12H,3H2,1-2H3,(H2,25,26,27,28)/t12-/m0/s1. The van der Waals surface area contributed by atoms with E-state index in [0.717, 1.165) is 12.7 Å². The second-order valence-electron chi connectivity index (χ2n) is 6.51. The van der Waals surface area contributed by atoms with Crippen molar-refractivity contribution in [3.63, 3.8) is 0 Å². The molecule has 0 radical (unpaired) electrons. The van der Waals surface area contributed by atoms with E-state index < -0.39 is 11.6 Å². The fourth-order valence-electron chi connectivity index (χ4n) is 2.93. The maximum absolute atomic E-state index is 14.5. The SMILES string of the molecule is CCn1cnc(Nc2nc(N[C@@H](C)c3ccc(F)cn3)nc3cccc(F)c23)c1. The lowest BCUT2D eigenvalue weighted by Crippen LogP contribution is -2.12. The van der Waals surface area contributed by atoms with Gasteiger partial charge in [0.25, 0.3) is 0 Å². The second-order valence-corrected chi connectivity index (χ2v) is 6.51. The monoisotopic (exact) mass is 395 g/mol. The molecule has 148 valence electrons. The predicted octanol–water partition coefficient (Wildman–Crippen LogP) is 4.44. The van der Waals surface area contributed by atoms with Gasteiger partial charge >= 0.3 is 0 Å². The van der Waals surface area contributed by atoms with Gasteiger partial charge in [0.15, 0.2) is 0 Å². The summed E-state index contributed by atoms with van der Waals surface area (Å²) in [6.45, 7) is 4.62. The van der Waals surface area contributed by atoms with Crippen LogP contribution in [0.5, 0.6) is 0 Å². The van der Waals surface area contributed by atoms with Crippen molar-refractivity contribution in [3.05, 3.63) is 66.4 Å². The first-order chi connectivity index (χ1) is 14.0. The van der Waals surface area contributed by atoms with Crippen LogP contribution in [0.2, 0.25) is 0 Å². The molecule has 0 amide bonds. The van der Waals surface area contributed by atoms with Gasteiger partial charge in [0, 0.05) is 12.7 Å². The molecule has 1 atom stereocenters. The summed E-state index contributed by atoms with van der Waals surface area (Å²) >= 11 is 0. The zero-order valence-electron chi connectivity index (χ0n) is 15.9. The number of benzene rings is 1. The van der Waals surface area contributed by atoms with Crippen molar-refractivity contribution >= 4 is 28.5 Å². The molecule has 0 spiro atoms. The number of fused-ring (bicyclic) bond motifs is 1. The summed E-state index contributed by atoms with van der Waals surface area (Å²) in [5.41, 5.74) is 1.07. The molecule has 7 nitrogen and oxygen atoms in total. The minimum absolute atomic E-state index is 0.275. The fraction of sp³-hybridized carbons (Fsp3) is 0.200. The number of hydrogen-bond donors (Lipinski definition) is 2. The number of aryl methyl sites for hydroxylation is 1. The Morgan fingerprint density at radius 1 is 1.10 bits per heavy atom. The van der Waals surface area contributed by atoms with Gasteiger partial charge in [-0.05, 0) is 38.1 Å². The summed E-state index contributed by atoms with van der Waals surface area (Å²) in [5, 5.41) is 6.49. The highest BCUT2D eigenvalue weighted by Crippen LogP contribution is 2.28. The van der Waals surface area contributed by atoms with Crippen LogP contribution in [0.4, 0.5) is 26.4 Å². The molecule has 0 fully saturated rings. The van der Waals surface area contributed by atoms with E-state index in [1.54, 1.807) is 24.5 Å². The van der Waals surface area contributed by atoms with Gasteiger partial charge in [0.1, 0.15) is 23.3 Å². The lowest BCUT2D eigenvalue weighted by atomic mass is 10.2. The van der Waals surface area contributed by atoms with Gasteiger partial charge in [0.2, 0.25) is 5.95 Å². The lowest BCUT2D eigenvalue weighted by molar-refractivity contribution is 0.617. The molecule has 3 heterocycles. The molecule has 1 aromatic carbocycles. The summed E-state index contributed by atoms with van der Waals surface area (Å²) < 4.78 is 29.5. The maximum atomic E-state index is 14.5. The van der Waals surface area contributed by atoms with E-state index in [0.29, 0.717) is 28.8 Å². The highest BCUT2D eigenvalue weighted by atomic mass is 19.1. The van der Waals surface area contributed by atoms with Crippen molar-refractivity contribution in [2.45, 2.75) is 26.4 Å². The Labute approximate surface area is 165 Å². The zero-order valence-corrected chi connectivity index (χ0v) is 15.9. The molecule has 0 unspecified atom stereocenters. The summed E-state index contributed by atoms with van der Waals surface area (Å²) in [6, 6.07) is 7.31. The molecule has 0 saturated heterocycles. The number of imidazole rings is 1. The Kier molecular flexibility index (Phi) is 5.03. The van der Waals surface area contributed by atoms with Crippen molar-refractivity contribution in [3.8, 4) is 0 Å². The Bertz CT molecular complexity index is 1140. The highest BCUT2D eigenvalue weighted by molar-refractivity contribution is 5.92. The first-order valence-corrected chi connectivity index (χ1v) is 9.16. The average molecular weight is 395 g/mol. The molecule has 0 saturated carbocycles. The van der Waals surface area contributed by atoms with Crippen molar-refractivity contribution in [2.24, 2.45) is 0 Å². The fourth-order valence-corrected chi connectivity index (χ4v) is 2.93. The van der Waals surface area contributed by atoms with Crippen molar-refractivity contribution in [2.75, 3.05) is 10.6 Å². The van der Waals surface area contributed by atoms with E-state index in [2.05, 4.69) is 30.6 Å². The average Bonchev–Trinajstić information content (AvgIpc) is 3.16. The molecule has 0 bridgehead atoms. The van der Waals surface area contributed by atoms with Crippen molar-refractivity contribution in [1.29, 1.82) is 0 Å². The molecule has 9 heteroatoms. The van der Waals surface area contributed by atoms with E-state index in [4.69, 9.17) is 0 Å². The van der Waals surface area contributed by atoms with Gasteiger partial charge in [-0.3, -0.25) is 4.98 Å². The van der Waals surface area contributed by atoms with E-state index in [1.807, 2.05) is 24.6 Å². The largest absolute Gasteiger partial charge is 0.346 e. The summed E-state index contributed by atoms with van der Waals surface area (Å²) in [7, 11) is 0. The Morgan fingerprint density at radius 3 is 2.69 bits per heavy atom. The quantitative estimate of drug-likeness (QED) is 0.503. The minimum Gasteiger partial charge on any atom is -0.346 e. The van der Waals surface area contributed by atoms with E-state index in [9.17, 15) is 8.78 Å². The van der Waals surface area contributed by atoms with E-state index in [1.165, 1.54) is 12.1 Å². The second kappa shape index (κ2) is 7.78. The number of nitrogens with one attached hydrogen (secondary N) is 2. The van der Waals surface area contributed by atoms with Crippen LogP contribution >= 0.6 is 0 Å². The molecular weight excluding hydrogens is 376 g/mol. The molecule has 4 rings (SSSR count). The number of rotatable bonds is 6. The van der Waals surface area contributed by atoms with Crippen LogP contribution in [-0.4, -0.2) is 24.5 Å². The number of aromatic nitrogens is 5. The number of hydrogen-bond acceptors (Lipinski definition) is 6. The molecule has 0 aliphatic heterocycles. The van der Waals surface area contributed by atoms with Crippen LogP contribution in [-0.2, 0) is 6.54 Å². The van der Waals surface area contributed by atoms with Gasteiger partial charge in [-0.15, -0.1) is 0 Å². The first-order valence-electron chi connectivity index (χ1n) is 9.16. The molecule has 2 N–H and O–H groups in total. The molecule has 3 aromatic heterocycles. The van der Waals surface area contributed by atoms with Crippen molar-refractivity contribution in [1.82, 2.24) is 24.5 Å². The summed E-state index contributed by atoms with van der Waals surface area (Å²) in [5.74, 6) is 0.306. The van der Waals surface area contributed by atoms with E-state index >= 15 is 0 Å². The van der Waals surface area contributed by atoms with Crippen LogP contribution in [0, 0.1) is 11.6 Å². The number of anilines is 3. The Balaban J connectivity index is 1.70. The third-order valence-corrected chi connectivity index (χ3v) is 4.46. The molecule has 4 aromatic rings. The third kappa shape index (κ3) is 3.98. The number of nitrogens with zero attached hydrogens (tertiary/aromatic N) is 5. The van der Waals surface area contributed by atoms with E-state index in [-0.39, 0.29) is 11.4 Å². The Morgan fingerprint density at radius 2 is 1.97 bits per heavy atom. The first kappa shape index (κ1) is 18.7. The topological polar surface area (TPSA) is 80.5 Å². The summed E-state index contributed by atoms with van der Waals surface area (Å²) in [4.78, 5) is 17.2. The smallest absolute Gasteiger partial charge is 0.225 e. The molecule has 0 aliphatic rings. The highest BCUT2D eigenvalue weighted by Gasteiger charge is 2.15. The molecular formula is C20H19F2N7. The third-order valence-electron chi connectivity index (χ3n) is 4.46. The van der Waals surface area contributed by atoms with Crippen LogP contribution < -0.4 is 10.6 Å². The van der Waals surface area contributed by atoms with Gasteiger partial charge < -0.3 is 15.2 Å². The van der Waals surface area contributed by atoms with Crippen LogP contribution in [0.1, 0.15) is 25.6 Å². The van der Waals surface area contributed by atoms with Crippen molar-refractivity contribution < 1.29 is 8.78 Å². The summed E-state index contributed by atoms with van der Waals surface area (Å²) in [6.07, 6.45) is 4.65. The lowest BCUT2D eigenvalue weighted by Gasteiger charge is -2.15. The predicted molar refractivity (Wildman–Crippen MR) is 107 cm³/mol. The number of pyridine rings is 1. The van der Waals surface area contributed by atoms with Gasteiger partial charge in [-0.1, -0.05) is 6.07 Å². The zero-order chi connectivity index (χ0) is 20.4. The maximum Gasteiger partial charge on any atom is 0.225 e. The molecule has 0 aliphatic carbocycles. The van der Waals surface area contributed by atoms with Gasteiger partial charge in [0.05, 0.1) is 35.2 Å². The molecule has 29 heavy (non-hydrogen) atoms. The number of halogens is 2. The van der Waals surface area contributed by atoms with Crippen LogP contribution in [0.25, 0.3) is 10.9 Å². The minimum atomic E-state index is -0.431.